The lowest BCUT2D eigenvalue weighted by Gasteiger charge is -2.14. The Morgan fingerprint density at radius 2 is 1.97 bits per heavy atom. The second kappa shape index (κ2) is 10.1. The van der Waals surface area contributed by atoms with Crippen molar-refractivity contribution < 1.29 is 9.59 Å². The van der Waals surface area contributed by atoms with Crippen LogP contribution in [-0.4, -0.2) is 37.3 Å². The van der Waals surface area contributed by atoms with Gasteiger partial charge in [0.25, 0.3) is 5.91 Å². The maximum atomic E-state index is 12.6. The van der Waals surface area contributed by atoms with Gasteiger partial charge in [0.2, 0.25) is 5.91 Å². The van der Waals surface area contributed by atoms with E-state index in [1.54, 1.807) is 30.7 Å². The first kappa shape index (κ1) is 23.5. The van der Waals surface area contributed by atoms with Gasteiger partial charge in [-0.1, -0.05) is 58.4 Å². The zero-order valence-corrected chi connectivity index (χ0v) is 20.6. The number of hydrogen-bond acceptors (Lipinski definition) is 7. The number of rotatable bonds is 7. The fourth-order valence-electron chi connectivity index (χ4n) is 3.05. The molecule has 4 aromatic rings. The zero-order chi connectivity index (χ0) is 23.5. The number of aromatic nitrogens is 4. The predicted molar refractivity (Wildman–Crippen MR) is 132 cm³/mol. The molecule has 2 aromatic carbocycles. The van der Waals surface area contributed by atoms with Crippen molar-refractivity contribution in [2.75, 3.05) is 11.1 Å². The number of benzene rings is 2. The number of carbonyl (C=O) groups excluding carboxylic acids is 2. The Labute approximate surface area is 207 Å². The van der Waals surface area contributed by atoms with Crippen LogP contribution in [0, 0.1) is 0 Å². The van der Waals surface area contributed by atoms with E-state index in [-0.39, 0.29) is 22.6 Å². The van der Waals surface area contributed by atoms with Gasteiger partial charge in [-0.15, -0.1) is 10.2 Å². The average Bonchev–Trinajstić information content (AvgIpc) is 3.34. The van der Waals surface area contributed by atoms with Gasteiger partial charge >= 0.3 is 0 Å². The monoisotopic (exact) mass is 520 g/mol. The van der Waals surface area contributed by atoms with Crippen LogP contribution >= 0.6 is 46.3 Å². The molecular formula is C21H18Cl2N6O2S2. The first-order chi connectivity index (χ1) is 15.8. The van der Waals surface area contributed by atoms with Gasteiger partial charge in [-0.05, 0) is 37.3 Å². The van der Waals surface area contributed by atoms with Crippen LogP contribution in [-0.2, 0) is 11.8 Å². The van der Waals surface area contributed by atoms with Gasteiger partial charge in [-0.2, -0.15) is 0 Å². The van der Waals surface area contributed by atoms with Crippen molar-refractivity contribution >= 4 is 73.5 Å². The van der Waals surface area contributed by atoms with Crippen molar-refractivity contribution in [3.05, 3.63) is 63.9 Å². The molecule has 0 unspecified atom stereocenters. The molecule has 8 nitrogen and oxygen atoms in total. The average molecular weight is 521 g/mol. The number of para-hydroxylation sites is 1. The van der Waals surface area contributed by atoms with Gasteiger partial charge in [0.05, 0.1) is 32.6 Å². The van der Waals surface area contributed by atoms with E-state index < -0.39 is 6.04 Å². The van der Waals surface area contributed by atoms with Crippen molar-refractivity contribution in [1.29, 1.82) is 0 Å². The van der Waals surface area contributed by atoms with Gasteiger partial charge in [-0.25, -0.2) is 4.98 Å². The minimum atomic E-state index is -0.437. The molecule has 0 aliphatic rings. The molecule has 1 atom stereocenters. The summed E-state index contributed by atoms with van der Waals surface area (Å²) in [7, 11) is 1.78. The molecule has 33 heavy (non-hydrogen) atoms. The van der Waals surface area contributed by atoms with E-state index in [9.17, 15) is 9.59 Å². The van der Waals surface area contributed by atoms with Crippen LogP contribution in [0.2, 0.25) is 10.0 Å². The Morgan fingerprint density at radius 3 is 2.73 bits per heavy atom. The van der Waals surface area contributed by atoms with E-state index in [0.717, 1.165) is 10.2 Å². The predicted octanol–water partition coefficient (Wildman–Crippen LogP) is 4.95. The Balaban J connectivity index is 1.35. The highest BCUT2D eigenvalue weighted by molar-refractivity contribution is 7.99. The summed E-state index contributed by atoms with van der Waals surface area (Å²) >= 11 is 14.7. The third-order valence-electron chi connectivity index (χ3n) is 4.65. The number of halogens is 2. The number of carbonyl (C=O) groups is 2. The summed E-state index contributed by atoms with van der Waals surface area (Å²) in [5, 5.41) is 15.8. The number of amides is 2. The lowest BCUT2D eigenvalue weighted by Crippen LogP contribution is -2.28. The van der Waals surface area contributed by atoms with Crippen molar-refractivity contribution in [3.63, 3.8) is 0 Å². The molecule has 0 spiro atoms. The number of nitrogens with zero attached hydrogens (tertiary/aromatic N) is 4. The van der Waals surface area contributed by atoms with Crippen molar-refractivity contribution in [1.82, 2.24) is 25.1 Å². The molecular weight excluding hydrogens is 503 g/mol. The van der Waals surface area contributed by atoms with Crippen molar-refractivity contribution in [2.45, 2.75) is 18.1 Å². The fraction of sp³-hybridized carbons (Fsp3) is 0.190. The summed E-state index contributed by atoms with van der Waals surface area (Å²) in [6.45, 7) is 1.79. The Kier molecular flexibility index (Phi) is 7.18. The van der Waals surface area contributed by atoms with E-state index in [1.165, 1.54) is 29.2 Å². The van der Waals surface area contributed by atoms with Crippen LogP contribution < -0.4 is 10.6 Å². The summed E-state index contributed by atoms with van der Waals surface area (Å²) in [5.41, 5.74) is 1.16. The third kappa shape index (κ3) is 5.47. The van der Waals surface area contributed by atoms with E-state index in [1.807, 2.05) is 24.3 Å². The molecule has 170 valence electrons. The molecule has 0 bridgehead atoms. The van der Waals surface area contributed by atoms with E-state index in [4.69, 9.17) is 23.2 Å². The van der Waals surface area contributed by atoms with Crippen molar-refractivity contribution in [3.8, 4) is 0 Å². The van der Waals surface area contributed by atoms with Crippen LogP contribution in [0.1, 0.15) is 29.1 Å². The second-order valence-corrected chi connectivity index (χ2v) is 9.86. The SMILES string of the molecule is C[C@H](NC(=O)c1ccc(Cl)cc1Cl)c1nnc(SCC(=O)Nc2nc3ccccc3s2)n1C. The first-order valence-corrected chi connectivity index (χ1v) is 12.3. The second-order valence-electron chi connectivity index (χ2n) is 7.04. The summed E-state index contributed by atoms with van der Waals surface area (Å²) < 4.78 is 2.75. The third-order valence-corrected chi connectivity index (χ3v) is 7.17. The van der Waals surface area contributed by atoms with E-state index >= 15 is 0 Å². The normalized spacial score (nSPS) is 12.0. The molecule has 2 amide bonds. The van der Waals surface area contributed by atoms with Crippen LogP contribution in [0.4, 0.5) is 5.13 Å². The Bertz CT molecular complexity index is 1310. The summed E-state index contributed by atoms with van der Waals surface area (Å²) in [4.78, 5) is 29.3. The van der Waals surface area contributed by atoms with Crippen molar-refractivity contribution in [2.24, 2.45) is 7.05 Å². The standard InChI is InChI=1S/C21H18Cl2N6O2S2/c1-11(24-19(31)13-8-7-12(22)9-14(13)23)18-27-28-21(29(18)2)32-10-17(30)26-20-25-15-5-3-4-6-16(15)33-20/h3-9,11H,10H2,1-2H3,(H,24,31)(H,25,26,30)/t11-/m0/s1. The van der Waals surface area contributed by atoms with Crippen LogP contribution in [0.15, 0.2) is 47.6 Å². The fourth-order valence-corrected chi connectivity index (χ4v) is 5.15. The zero-order valence-electron chi connectivity index (χ0n) is 17.5. The molecule has 0 saturated carbocycles. The minimum Gasteiger partial charge on any atom is -0.342 e. The van der Waals surface area contributed by atoms with E-state index in [2.05, 4.69) is 25.8 Å². The molecule has 2 heterocycles. The molecule has 0 saturated heterocycles. The topological polar surface area (TPSA) is 102 Å². The van der Waals surface area contributed by atoms with Gasteiger partial charge in [-0.3, -0.25) is 9.59 Å². The molecule has 0 radical (unpaired) electrons. The van der Waals surface area contributed by atoms with Gasteiger partial charge in [0.1, 0.15) is 0 Å². The van der Waals surface area contributed by atoms with E-state index in [0.29, 0.717) is 26.7 Å². The first-order valence-electron chi connectivity index (χ1n) is 9.75. The summed E-state index contributed by atoms with van der Waals surface area (Å²) in [6.07, 6.45) is 0. The Morgan fingerprint density at radius 1 is 1.18 bits per heavy atom. The number of nitrogens with one attached hydrogen (secondary N) is 2. The lowest BCUT2D eigenvalue weighted by atomic mass is 10.2. The number of thioether (sulfide) groups is 1. The molecule has 0 aliphatic heterocycles. The number of thiazole rings is 1. The maximum Gasteiger partial charge on any atom is 0.253 e. The lowest BCUT2D eigenvalue weighted by molar-refractivity contribution is -0.113. The molecule has 12 heteroatoms. The smallest absolute Gasteiger partial charge is 0.253 e. The van der Waals surface area contributed by atoms with Gasteiger partial charge in [0.15, 0.2) is 16.1 Å². The van der Waals surface area contributed by atoms with Crippen LogP contribution in [0.5, 0.6) is 0 Å². The molecule has 2 N–H and O–H groups in total. The summed E-state index contributed by atoms with van der Waals surface area (Å²) in [6, 6.07) is 11.9. The number of anilines is 1. The highest BCUT2D eigenvalue weighted by Crippen LogP contribution is 2.26. The number of fused-ring (bicyclic) bond motifs is 1. The van der Waals surface area contributed by atoms with Gasteiger partial charge in [0, 0.05) is 12.1 Å². The molecule has 0 aliphatic carbocycles. The molecule has 4 rings (SSSR count). The number of hydrogen-bond donors (Lipinski definition) is 2. The quantitative estimate of drug-likeness (QED) is 0.334. The Hall–Kier alpha value is -2.66. The molecule has 0 fully saturated rings. The van der Waals surface area contributed by atoms with Gasteiger partial charge < -0.3 is 15.2 Å². The highest BCUT2D eigenvalue weighted by Gasteiger charge is 2.20. The minimum absolute atomic E-state index is 0.142. The summed E-state index contributed by atoms with van der Waals surface area (Å²) in [5.74, 6) is 0.143. The largest absolute Gasteiger partial charge is 0.342 e. The highest BCUT2D eigenvalue weighted by atomic mass is 35.5. The maximum absolute atomic E-state index is 12.6. The molecule has 2 aromatic heterocycles. The van der Waals surface area contributed by atoms with Crippen LogP contribution in [0.3, 0.4) is 0 Å². The van der Waals surface area contributed by atoms with Crippen LogP contribution in [0.25, 0.3) is 10.2 Å².